The van der Waals surface area contributed by atoms with Gasteiger partial charge in [0, 0.05) is 12.1 Å². The lowest BCUT2D eigenvalue weighted by Gasteiger charge is -2.44. The molecule has 9 nitrogen and oxygen atoms in total. The van der Waals surface area contributed by atoms with Crippen LogP contribution in [0.4, 0.5) is 0 Å². The van der Waals surface area contributed by atoms with Crippen molar-refractivity contribution in [3.8, 4) is 0 Å². The van der Waals surface area contributed by atoms with E-state index in [9.17, 15) is 10.2 Å². The molecule has 0 unspecified atom stereocenters. The van der Waals surface area contributed by atoms with Gasteiger partial charge in [-0.25, -0.2) is 0 Å². The summed E-state index contributed by atoms with van der Waals surface area (Å²) >= 11 is 0. The number of hydrogen-bond acceptors (Lipinski definition) is 9. The van der Waals surface area contributed by atoms with Gasteiger partial charge in [0.25, 0.3) is 0 Å². The minimum Gasteiger partial charge on any atom is -0.395 e. The van der Waals surface area contributed by atoms with E-state index in [4.69, 9.17) is 37.5 Å². The summed E-state index contributed by atoms with van der Waals surface area (Å²) in [6.07, 6.45) is -2.76. The van der Waals surface area contributed by atoms with Crippen LogP contribution in [0.25, 0.3) is 0 Å². The second-order valence-corrected chi connectivity index (χ2v) is 6.28. The van der Waals surface area contributed by atoms with Crippen LogP contribution in [0.2, 0.25) is 0 Å². The van der Waals surface area contributed by atoms with Crippen molar-refractivity contribution in [3.05, 3.63) is 0 Å². The fourth-order valence-corrected chi connectivity index (χ4v) is 3.02. The van der Waals surface area contributed by atoms with E-state index in [1.54, 1.807) is 0 Å². The van der Waals surface area contributed by atoms with Crippen LogP contribution in [-0.2, 0) is 9.47 Å². The van der Waals surface area contributed by atoms with Crippen molar-refractivity contribution >= 4 is 0 Å². The molecule has 0 radical (unpaired) electrons. The lowest BCUT2D eigenvalue weighted by molar-refractivity contribution is -0.256. The first kappa shape index (κ1) is 18.0. The van der Waals surface area contributed by atoms with Crippen molar-refractivity contribution in [2.24, 2.45) is 22.9 Å². The van der Waals surface area contributed by atoms with Gasteiger partial charge in [-0.15, -0.1) is 0 Å². The lowest BCUT2D eigenvalue weighted by atomic mass is 9.84. The van der Waals surface area contributed by atoms with Gasteiger partial charge in [-0.05, 0) is 19.3 Å². The normalized spacial score (nSPS) is 48.1. The third-order valence-electron chi connectivity index (χ3n) is 4.51. The standard InChI is InChI=1S/C13H28N4O5/c14-5-1-2-9(8(17)4-18)21-13(5)22-12-7(16)3-6(15)10(19)11(12)20/h5-13,18-20H,1-4,14-17H2/t5-,6-,7+,8+,9+,10+,11-,12-,13-/m1/s1. The Hall–Kier alpha value is -0.360. The molecule has 9 heteroatoms. The summed E-state index contributed by atoms with van der Waals surface area (Å²) in [7, 11) is 0. The fraction of sp³-hybridized carbons (Fsp3) is 1.00. The molecule has 1 aliphatic carbocycles. The predicted molar refractivity (Wildman–Crippen MR) is 78.4 cm³/mol. The molecule has 11 N–H and O–H groups in total. The maximum absolute atomic E-state index is 10.1. The SMILES string of the molecule is N[C@@H]1CC[C@@H]([C@@H](N)CO)O[C@@H]1O[C@H]1[C@H](O)[C@@H](O)[C@H](N)C[C@@H]1N. The van der Waals surface area contributed by atoms with Crippen molar-refractivity contribution < 1.29 is 24.8 Å². The van der Waals surface area contributed by atoms with Crippen molar-refractivity contribution in [1.29, 1.82) is 0 Å². The highest BCUT2D eigenvalue weighted by Gasteiger charge is 2.44. The van der Waals surface area contributed by atoms with E-state index in [2.05, 4.69) is 0 Å². The minimum absolute atomic E-state index is 0.203. The van der Waals surface area contributed by atoms with Crippen LogP contribution >= 0.6 is 0 Å². The number of ether oxygens (including phenoxy) is 2. The zero-order valence-electron chi connectivity index (χ0n) is 12.5. The molecule has 9 atom stereocenters. The van der Waals surface area contributed by atoms with E-state index < -0.39 is 48.8 Å². The van der Waals surface area contributed by atoms with Gasteiger partial charge in [-0.3, -0.25) is 0 Å². The van der Waals surface area contributed by atoms with Crippen LogP contribution in [0.5, 0.6) is 0 Å². The van der Waals surface area contributed by atoms with Crippen LogP contribution in [0.1, 0.15) is 19.3 Å². The summed E-state index contributed by atoms with van der Waals surface area (Å²) in [5.74, 6) is 0. The Balaban J connectivity index is 2.01. The van der Waals surface area contributed by atoms with Gasteiger partial charge >= 0.3 is 0 Å². The van der Waals surface area contributed by atoms with Crippen LogP contribution in [0.15, 0.2) is 0 Å². The Bertz CT molecular complexity index is 363. The molecule has 22 heavy (non-hydrogen) atoms. The monoisotopic (exact) mass is 320 g/mol. The maximum atomic E-state index is 10.1. The van der Waals surface area contributed by atoms with Gasteiger partial charge in [0.1, 0.15) is 12.2 Å². The number of hydrogen-bond donors (Lipinski definition) is 7. The fourth-order valence-electron chi connectivity index (χ4n) is 3.02. The van der Waals surface area contributed by atoms with Gasteiger partial charge in [-0.1, -0.05) is 0 Å². The second-order valence-electron chi connectivity index (χ2n) is 6.28. The maximum Gasteiger partial charge on any atom is 0.173 e. The summed E-state index contributed by atoms with van der Waals surface area (Å²) in [5.41, 5.74) is 23.5. The third-order valence-corrected chi connectivity index (χ3v) is 4.51. The topological polar surface area (TPSA) is 183 Å². The molecule has 2 fully saturated rings. The van der Waals surface area contributed by atoms with Gasteiger partial charge in [0.2, 0.25) is 0 Å². The molecule has 0 spiro atoms. The smallest absolute Gasteiger partial charge is 0.173 e. The van der Waals surface area contributed by atoms with E-state index >= 15 is 0 Å². The highest BCUT2D eigenvalue weighted by molar-refractivity contribution is 4.98. The highest BCUT2D eigenvalue weighted by Crippen LogP contribution is 2.27. The average molecular weight is 320 g/mol. The first-order valence-electron chi connectivity index (χ1n) is 7.65. The Kier molecular flexibility index (Phi) is 6.11. The van der Waals surface area contributed by atoms with Crippen molar-refractivity contribution in [2.45, 2.75) is 74.1 Å². The number of nitrogens with two attached hydrogens (primary N) is 4. The molecular weight excluding hydrogens is 292 g/mol. The summed E-state index contributed by atoms with van der Waals surface area (Å²) in [5, 5.41) is 29.1. The van der Waals surface area contributed by atoms with Gasteiger partial charge in [-0.2, -0.15) is 0 Å². The number of rotatable bonds is 4. The minimum atomic E-state index is -1.21. The highest BCUT2D eigenvalue weighted by atomic mass is 16.7. The van der Waals surface area contributed by atoms with Crippen LogP contribution in [0, 0.1) is 0 Å². The summed E-state index contributed by atoms with van der Waals surface area (Å²) in [4.78, 5) is 0. The quantitative estimate of drug-likeness (QED) is 0.274. The second kappa shape index (κ2) is 7.47. The first-order valence-corrected chi connectivity index (χ1v) is 7.65. The largest absolute Gasteiger partial charge is 0.395 e. The zero-order valence-corrected chi connectivity index (χ0v) is 12.5. The van der Waals surface area contributed by atoms with Crippen molar-refractivity contribution in [1.82, 2.24) is 0 Å². The van der Waals surface area contributed by atoms with Crippen LogP contribution < -0.4 is 22.9 Å². The van der Waals surface area contributed by atoms with E-state index in [1.807, 2.05) is 0 Å². The number of aliphatic hydroxyl groups is 3. The Morgan fingerprint density at radius 2 is 1.73 bits per heavy atom. The zero-order chi connectivity index (χ0) is 16.4. The molecule has 1 saturated carbocycles. The van der Waals surface area contributed by atoms with Gasteiger partial charge in [0.05, 0.1) is 30.9 Å². The Labute approximate surface area is 129 Å². The lowest BCUT2D eigenvalue weighted by Crippen LogP contribution is -2.64. The van der Waals surface area contributed by atoms with Crippen LogP contribution in [-0.4, -0.2) is 76.8 Å². The molecule has 1 aliphatic heterocycles. The number of aliphatic hydroxyl groups excluding tert-OH is 3. The van der Waals surface area contributed by atoms with E-state index in [0.717, 1.165) is 0 Å². The van der Waals surface area contributed by atoms with E-state index in [-0.39, 0.29) is 12.7 Å². The van der Waals surface area contributed by atoms with Gasteiger partial charge < -0.3 is 47.7 Å². The molecule has 1 saturated heterocycles. The molecule has 0 amide bonds. The van der Waals surface area contributed by atoms with Crippen molar-refractivity contribution in [2.75, 3.05) is 6.61 Å². The molecule has 0 aromatic heterocycles. The molecule has 1 heterocycles. The Morgan fingerprint density at radius 3 is 2.36 bits per heavy atom. The average Bonchev–Trinajstić information content (AvgIpc) is 2.50. The molecule has 2 rings (SSSR count). The predicted octanol–water partition coefficient (Wildman–Crippen LogP) is -3.70. The van der Waals surface area contributed by atoms with Gasteiger partial charge in [0.15, 0.2) is 6.29 Å². The summed E-state index contributed by atoms with van der Waals surface area (Å²) in [6.45, 7) is -0.203. The van der Waals surface area contributed by atoms with E-state index in [1.165, 1.54) is 0 Å². The summed E-state index contributed by atoms with van der Waals surface area (Å²) < 4.78 is 11.4. The molecule has 0 aromatic rings. The Morgan fingerprint density at radius 1 is 1.05 bits per heavy atom. The third kappa shape index (κ3) is 3.75. The first-order chi connectivity index (χ1) is 10.3. The van der Waals surface area contributed by atoms with Crippen LogP contribution in [0.3, 0.4) is 0 Å². The molecule has 0 bridgehead atoms. The molecular formula is C13H28N4O5. The summed E-state index contributed by atoms with van der Waals surface area (Å²) in [6, 6.07) is -2.05. The molecule has 130 valence electrons. The van der Waals surface area contributed by atoms with Crippen molar-refractivity contribution in [3.63, 3.8) is 0 Å². The van der Waals surface area contributed by atoms with E-state index in [0.29, 0.717) is 19.3 Å². The molecule has 0 aromatic carbocycles. The molecule has 2 aliphatic rings.